The van der Waals surface area contributed by atoms with Gasteiger partial charge in [-0.15, -0.1) is 5.11 Å². The molecule has 0 aromatic heterocycles. The maximum Gasteiger partial charge on any atom is 1.00 e. The van der Waals surface area contributed by atoms with Gasteiger partial charge in [-0.25, -0.2) is 0 Å². The second-order valence-corrected chi connectivity index (χ2v) is 10.2. The molecule has 0 aliphatic rings. The third-order valence-electron chi connectivity index (χ3n) is 5.52. The number of amides is 1. The molecule has 0 heterocycles. The van der Waals surface area contributed by atoms with Gasteiger partial charge in [-0.05, 0) is 49.1 Å². The summed E-state index contributed by atoms with van der Waals surface area (Å²) in [6, 6.07) is 15.7. The molecule has 0 saturated carbocycles. The number of nitrogens with one attached hydrogen (secondary N) is 1. The number of carbonyl (C=O) groups is 1. The number of anilines is 1. The van der Waals surface area contributed by atoms with Crippen LogP contribution in [-0.2, 0) is 10.1 Å². The molecule has 0 spiro atoms. The van der Waals surface area contributed by atoms with Crippen molar-refractivity contribution >= 4 is 67.1 Å². The molecule has 0 atom stereocenters. The summed E-state index contributed by atoms with van der Waals surface area (Å²) in [6.45, 7) is 3.65. The second kappa shape index (κ2) is 12.6. The Morgan fingerprint density at radius 3 is 2.49 bits per heavy atom. The van der Waals surface area contributed by atoms with Gasteiger partial charge in [-0.2, -0.15) is 13.5 Å². The maximum atomic E-state index is 13.5. The van der Waals surface area contributed by atoms with Gasteiger partial charge in [0.1, 0.15) is 22.0 Å². The van der Waals surface area contributed by atoms with E-state index in [1.165, 1.54) is 18.2 Å². The minimum atomic E-state index is -4.77. The van der Waals surface area contributed by atoms with Crippen LogP contribution in [0.5, 0.6) is 11.5 Å². The van der Waals surface area contributed by atoms with Crippen molar-refractivity contribution in [3.05, 3.63) is 81.8 Å². The van der Waals surface area contributed by atoms with Gasteiger partial charge in [-0.3, -0.25) is 9.35 Å². The van der Waals surface area contributed by atoms with Crippen LogP contribution >= 0.6 is 23.2 Å². The van der Waals surface area contributed by atoms with Gasteiger partial charge in [0.2, 0.25) is 0 Å². The Morgan fingerprint density at radius 2 is 1.79 bits per heavy atom. The number of carbonyl (C=O) groups excluding carboxylic acids is 1. The van der Waals surface area contributed by atoms with Crippen molar-refractivity contribution in [1.82, 2.24) is 0 Å². The molecule has 0 aliphatic heterocycles. The number of rotatable bonds is 7. The van der Waals surface area contributed by atoms with Crippen LogP contribution in [0.2, 0.25) is 10.0 Å². The van der Waals surface area contributed by atoms with Crippen LogP contribution in [0.25, 0.3) is 10.8 Å². The van der Waals surface area contributed by atoms with E-state index in [4.69, 9.17) is 27.9 Å². The van der Waals surface area contributed by atoms with E-state index in [0.29, 0.717) is 28.7 Å². The third kappa shape index (κ3) is 6.55. The topological polar surface area (TPSA) is 140 Å². The Hall–Kier alpha value is -2.70. The van der Waals surface area contributed by atoms with Crippen LogP contribution in [0.15, 0.2) is 75.8 Å². The molecule has 2 N–H and O–H groups in total. The molecule has 0 fully saturated rings. The molecule has 0 aliphatic carbocycles. The molecule has 0 bridgehead atoms. The minimum absolute atomic E-state index is 0. The van der Waals surface area contributed by atoms with Crippen LogP contribution < -0.4 is 44.7 Å². The molecule has 39 heavy (non-hydrogen) atoms. The monoisotopic (exact) mass is 595 g/mol. The van der Waals surface area contributed by atoms with Crippen LogP contribution in [0.1, 0.15) is 22.8 Å². The second-order valence-electron chi connectivity index (χ2n) is 8.04. The third-order valence-corrected chi connectivity index (χ3v) is 7.36. The van der Waals surface area contributed by atoms with Gasteiger partial charge in [-0.1, -0.05) is 65.3 Å². The van der Waals surface area contributed by atoms with E-state index >= 15 is 0 Å². The summed E-state index contributed by atoms with van der Waals surface area (Å²) in [5.74, 6) is -1.19. The quantitative estimate of drug-likeness (QED) is 0.189. The molecular weight excluding hydrogens is 576 g/mol. The zero-order valence-electron chi connectivity index (χ0n) is 21.0. The summed E-state index contributed by atoms with van der Waals surface area (Å²) in [5, 5.41) is 24.9. The summed E-state index contributed by atoms with van der Waals surface area (Å²) in [7, 11) is -4.77. The molecule has 9 nitrogen and oxygen atoms in total. The first-order valence-electron chi connectivity index (χ1n) is 11.2. The summed E-state index contributed by atoms with van der Waals surface area (Å²) in [6.07, 6.45) is 0. The number of nitrogens with zero attached hydrogens (tertiary/aromatic N) is 2. The van der Waals surface area contributed by atoms with E-state index in [9.17, 15) is 22.9 Å². The smallest absolute Gasteiger partial charge is 0.870 e. The van der Waals surface area contributed by atoms with E-state index in [0.717, 1.165) is 0 Å². The average Bonchev–Trinajstić information content (AvgIpc) is 2.86. The first-order valence-corrected chi connectivity index (χ1v) is 13.4. The molecular formula is C26H20Cl2N3NaO6S. The number of aryl methyl sites for hydroxylation is 1. The number of hydrogen-bond acceptors (Lipinski definition) is 7. The number of fused-ring (bicyclic) bond motifs is 1. The average molecular weight is 596 g/mol. The van der Waals surface area contributed by atoms with Crippen LogP contribution in [-0.4, -0.2) is 25.5 Å². The van der Waals surface area contributed by atoms with E-state index in [1.54, 1.807) is 56.3 Å². The Kier molecular flexibility index (Phi) is 10.0. The molecule has 4 aromatic rings. The van der Waals surface area contributed by atoms with E-state index in [1.807, 2.05) is 0 Å². The Bertz CT molecular complexity index is 1710. The SMILES string of the molecule is CCOc1cccc(Cl)c1NC(=O)c1cc2ccccc2c(N=Nc2ccc(C)c(Cl)c2S(=O)(=O)O)c1[O-].[Na+]. The first-order chi connectivity index (χ1) is 18.0. The molecule has 0 unspecified atom stereocenters. The van der Waals surface area contributed by atoms with Crippen molar-refractivity contribution < 1.29 is 57.2 Å². The fraction of sp³-hybridized carbons (Fsp3) is 0.115. The number of para-hydroxylation sites is 1. The van der Waals surface area contributed by atoms with Gasteiger partial charge in [0.25, 0.3) is 16.0 Å². The van der Waals surface area contributed by atoms with E-state index in [-0.39, 0.29) is 62.2 Å². The summed E-state index contributed by atoms with van der Waals surface area (Å²) in [4.78, 5) is 12.6. The maximum absolute atomic E-state index is 13.5. The number of azo groups is 1. The zero-order valence-corrected chi connectivity index (χ0v) is 25.4. The van der Waals surface area contributed by atoms with Gasteiger partial charge in [0.15, 0.2) is 0 Å². The van der Waals surface area contributed by atoms with E-state index < -0.39 is 26.7 Å². The molecule has 1 amide bonds. The van der Waals surface area contributed by atoms with Crippen LogP contribution in [0.3, 0.4) is 0 Å². The van der Waals surface area contributed by atoms with Gasteiger partial charge in [0.05, 0.1) is 22.3 Å². The summed E-state index contributed by atoms with van der Waals surface area (Å²) < 4.78 is 39.2. The normalized spacial score (nSPS) is 11.4. The fourth-order valence-corrected chi connectivity index (χ4v) is 5.16. The molecule has 4 aromatic carbocycles. The summed E-state index contributed by atoms with van der Waals surface area (Å²) >= 11 is 12.4. The van der Waals surface area contributed by atoms with Crippen molar-refractivity contribution in [3.8, 4) is 11.5 Å². The Balaban J connectivity index is 0.00000420. The van der Waals surface area contributed by atoms with Crippen LogP contribution in [0.4, 0.5) is 17.1 Å². The van der Waals surface area contributed by atoms with Crippen LogP contribution in [0, 0.1) is 6.92 Å². The predicted molar refractivity (Wildman–Crippen MR) is 144 cm³/mol. The zero-order chi connectivity index (χ0) is 27.6. The van der Waals surface area contributed by atoms with Crippen molar-refractivity contribution in [3.63, 3.8) is 0 Å². The first kappa shape index (κ1) is 30.8. The molecule has 0 saturated heterocycles. The molecule has 0 radical (unpaired) electrons. The molecule has 4 rings (SSSR count). The number of ether oxygens (including phenoxy) is 1. The summed E-state index contributed by atoms with van der Waals surface area (Å²) in [5.41, 5.74) is -0.159. The van der Waals surface area contributed by atoms with Crippen molar-refractivity contribution in [2.75, 3.05) is 11.9 Å². The number of hydrogen-bond donors (Lipinski definition) is 2. The molecule has 13 heteroatoms. The van der Waals surface area contributed by atoms with Gasteiger partial charge >= 0.3 is 29.6 Å². The van der Waals surface area contributed by atoms with Crippen molar-refractivity contribution in [2.24, 2.45) is 10.2 Å². The molecule has 196 valence electrons. The van der Waals surface area contributed by atoms with Gasteiger partial charge in [0, 0.05) is 10.9 Å². The fourth-order valence-electron chi connectivity index (χ4n) is 3.73. The Labute approximate surface area is 256 Å². The number of halogens is 2. The standard InChI is InChI=1S/C26H21Cl2N3O6S.Na/c1-3-37-20-10-6-9-18(27)23(20)29-26(33)17-13-15-7-4-5-8-16(15)22(24(17)32)31-30-19-12-11-14(2)21(28)25(19)38(34,35)36;/h4-13,32H,3H2,1-2H3,(H,29,33)(H,34,35,36);/q;+1/p-1. The van der Waals surface area contributed by atoms with Crippen molar-refractivity contribution in [2.45, 2.75) is 18.7 Å². The van der Waals surface area contributed by atoms with E-state index in [2.05, 4.69) is 15.5 Å². The van der Waals surface area contributed by atoms with Gasteiger partial charge < -0.3 is 15.2 Å². The Morgan fingerprint density at radius 1 is 1.08 bits per heavy atom. The van der Waals surface area contributed by atoms with Crippen molar-refractivity contribution in [1.29, 1.82) is 0 Å². The predicted octanol–water partition coefficient (Wildman–Crippen LogP) is 3.85. The number of benzene rings is 4. The minimum Gasteiger partial charge on any atom is -0.870 e. The largest absolute Gasteiger partial charge is 1.00 e.